The molecule has 3 N–H and O–H groups in total. The number of benzene rings is 1. The summed E-state index contributed by atoms with van der Waals surface area (Å²) in [7, 11) is 0. The standard InChI is InChI=1S/C12H8N4O.C4H6N2/c1-5-8-6-2-3-13-12-9(6)7(4-14-12)11(17)10(8)16-15-5;5-1-4-2-6-3-4/h2-4H,1H3,(H,13,14)(H,15,16);4,6H,2-3H2. The maximum atomic E-state index is 12.2. The van der Waals surface area contributed by atoms with Gasteiger partial charge in [-0.05, 0) is 18.4 Å². The second kappa shape index (κ2) is 5.04. The lowest BCUT2D eigenvalue weighted by Crippen LogP contribution is -2.40. The molecule has 7 heteroatoms. The minimum absolute atomic E-state index is 0.0565. The highest BCUT2D eigenvalue weighted by Gasteiger charge is 2.16. The van der Waals surface area contributed by atoms with E-state index in [2.05, 4.69) is 31.6 Å². The van der Waals surface area contributed by atoms with Gasteiger partial charge in [-0.15, -0.1) is 0 Å². The van der Waals surface area contributed by atoms with Crippen molar-refractivity contribution in [3.63, 3.8) is 0 Å². The number of nitrogens with zero attached hydrogens (tertiary/aromatic N) is 3. The fourth-order valence-electron chi connectivity index (χ4n) is 2.87. The van der Waals surface area contributed by atoms with Gasteiger partial charge in [0.15, 0.2) is 0 Å². The van der Waals surface area contributed by atoms with E-state index >= 15 is 0 Å². The Kier molecular flexibility index (Phi) is 2.99. The lowest BCUT2D eigenvalue weighted by Gasteiger charge is -2.18. The van der Waals surface area contributed by atoms with Crippen LogP contribution < -0.4 is 10.7 Å². The van der Waals surface area contributed by atoms with Crippen LogP contribution in [0.1, 0.15) is 5.69 Å². The Morgan fingerprint density at radius 2 is 2.13 bits per heavy atom. The molecule has 0 unspecified atom stereocenters. The maximum Gasteiger partial charge on any atom is 0.216 e. The van der Waals surface area contributed by atoms with Gasteiger partial charge in [-0.2, -0.15) is 10.4 Å². The molecule has 0 spiro atoms. The summed E-state index contributed by atoms with van der Waals surface area (Å²) in [5.74, 6) is 0.310. The van der Waals surface area contributed by atoms with Gasteiger partial charge in [0.25, 0.3) is 0 Å². The molecule has 1 aromatic carbocycles. The molecule has 3 aromatic heterocycles. The molecule has 5 rings (SSSR count). The van der Waals surface area contributed by atoms with E-state index in [1.165, 1.54) is 0 Å². The fraction of sp³-hybridized carbons (Fsp3) is 0.250. The highest BCUT2D eigenvalue weighted by molar-refractivity contribution is 6.19. The predicted molar refractivity (Wildman–Crippen MR) is 87.4 cm³/mol. The molecule has 7 nitrogen and oxygen atoms in total. The van der Waals surface area contributed by atoms with Crippen molar-refractivity contribution in [2.24, 2.45) is 5.92 Å². The molecule has 0 amide bonds. The van der Waals surface area contributed by atoms with Crippen molar-refractivity contribution in [3.8, 4) is 6.07 Å². The molecular weight excluding hydrogens is 292 g/mol. The van der Waals surface area contributed by atoms with Crippen LogP contribution >= 0.6 is 0 Å². The Morgan fingerprint density at radius 3 is 2.78 bits per heavy atom. The highest BCUT2D eigenvalue weighted by atomic mass is 16.1. The smallest absolute Gasteiger partial charge is 0.216 e. The normalized spacial score (nSPS) is 14.6. The molecule has 0 radical (unpaired) electrons. The van der Waals surface area contributed by atoms with Crippen LogP contribution in [0.25, 0.3) is 32.7 Å². The molecule has 23 heavy (non-hydrogen) atoms. The van der Waals surface area contributed by atoms with Crippen LogP contribution in [0.5, 0.6) is 0 Å². The van der Waals surface area contributed by atoms with Crippen molar-refractivity contribution in [2.75, 3.05) is 13.1 Å². The zero-order valence-electron chi connectivity index (χ0n) is 12.5. The third kappa shape index (κ3) is 1.96. The van der Waals surface area contributed by atoms with E-state index in [0.29, 0.717) is 16.8 Å². The molecule has 114 valence electrons. The summed E-state index contributed by atoms with van der Waals surface area (Å²) in [6.45, 7) is 3.72. The Hall–Kier alpha value is -2.98. The fourth-order valence-corrected chi connectivity index (χ4v) is 2.87. The van der Waals surface area contributed by atoms with Crippen molar-refractivity contribution in [1.82, 2.24) is 25.5 Å². The number of nitrogens with one attached hydrogen (secondary N) is 3. The molecule has 0 aliphatic carbocycles. The van der Waals surface area contributed by atoms with E-state index in [0.717, 1.165) is 40.6 Å². The number of rotatable bonds is 0. The summed E-state index contributed by atoms with van der Waals surface area (Å²) < 4.78 is 0. The molecule has 1 saturated heterocycles. The Morgan fingerprint density at radius 1 is 1.30 bits per heavy atom. The van der Waals surface area contributed by atoms with Gasteiger partial charge in [-0.25, -0.2) is 4.98 Å². The molecular formula is C16H14N6O. The predicted octanol–water partition coefficient (Wildman–Crippen LogP) is 1.43. The largest absolute Gasteiger partial charge is 0.346 e. The minimum atomic E-state index is -0.0565. The average molecular weight is 306 g/mol. The van der Waals surface area contributed by atoms with Crippen LogP contribution in [0.4, 0.5) is 0 Å². The lowest BCUT2D eigenvalue weighted by molar-refractivity contribution is 0.428. The van der Waals surface area contributed by atoms with E-state index < -0.39 is 0 Å². The molecule has 0 atom stereocenters. The molecule has 1 aliphatic heterocycles. The Bertz CT molecular complexity index is 1100. The maximum absolute atomic E-state index is 12.2. The van der Waals surface area contributed by atoms with E-state index in [1.807, 2.05) is 19.2 Å². The van der Waals surface area contributed by atoms with Gasteiger partial charge in [0, 0.05) is 41.9 Å². The number of pyridine rings is 1. The van der Waals surface area contributed by atoms with Crippen molar-refractivity contribution >= 4 is 32.7 Å². The summed E-state index contributed by atoms with van der Waals surface area (Å²) in [6, 6.07) is 4.10. The van der Waals surface area contributed by atoms with Crippen molar-refractivity contribution in [1.29, 1.82) is 5.26 Å². The monoisotopic (exact) mass is 306 g/mol. The first-order chi connectivity index (χ1) is 11.2. The number of H-pyrrole nitrogens is 2. The van der Waals surface area contributed by atoms with Gasteiger partial charge in [0.05, 0.1) is 17.4 Å². The van der Waals surface area contributed by atoms with Gasteiger partial charge >= 0.3 is 0 Å². The third-order valence-electron chi connectivity index (χ3n) is 4.21. The van der Waals surface area contributed by atoms with Crippen molar-refractivity contribution in [2.45, 2.75) is 6.92 Å². The van der Waals surface area contributed by atoms with E-state index in [9.17, 15) is 4.79 Å². The number of hydrogen-bond acceptors (Lipinski definition) is 5. The number of aromatic amines is 2. The van der Waals surface area contributed by atoms with Gasteiger partial charge in [0.1, 0.15) is 11.2 Å². The minimum Gasteiger partial charge on any atom is -0.346 e. The second-order valence-electron chi connectivity index (χ2n) is 5.67. The number of nitriles is 1. The molecule has 1 fully saturated rings. The van der Waals surface area contributed by atoms with Crippen LogP contribution in [0, 0.1) is 24.2 Å². The van der Waals surface area contributed by atoms with Crippen LogP contribution in [0.3, 0.4) is 0 Å². The van der Waals surface area contributed by atoms with Gasteiger partial charge < -0.3 is 10.3 Å². The second-order valence-corrected chi connectivity index (χ2v) is 5.67. The van der Waals surface area contributed by atoms with Gasteiger partial charge in [0.2, 0.25) is 5.43 Å². The summed E-state index contributed by atoms with van der Waals surface area (Å²) in [4.78, 5) is 19.5. The first kappa shape index (κ1) is 13.7. The Labute approximate surface area is 130 Å². The quantitative estimate of drug-likeness (QED) is 0.455. The number of fused-ring (bicyclic) bond motifs is 2. The summed E-state index contributed by atoms with van der Waals surface area (Å²) in [5.41, 5.74) is 2.10. The molecule has 1 aliphatic rings. The van der Waals surface area contributed by atoms with Crippen molar-refractivity contribution in [3.05, 3.63) is 34.4 Å². The lowest BCUT2D eigenvalue weighted by atomic mass is 10.0. The zero-order chi connectivity index (χ0) is 16.0. The molecule has 0 saturated carbocycles. The third-order valence-corrected chi connectivity index (χ3v) is 4.21. The number of aryl methyl sites for hydroxylation is 1. The average Bonchev–Trinajstić information content (AvgIpc) is 3.10. The Balaban J connectivity index is 0.000000192. The topological polar surface area (TPSA) is 110 Å². The molecule has 4 aromatic rings. The van der Waals surface area contributed by atoms with Crippen LogP contribution in [0.15, 0.2) is 23.3 Å². The van der Waals surface area contributed by atoms with E-state index in [-0.39, 0.29) is 5.43 Å². The molecule has 4 heterocycles. The summed E-state index contributed by atoms with van der Waals surface area (Å²) in [6.07, 6.45) is 3.44. The number of aromatic nitrogens is 4. The van der Waals surface area contributed by atoms with E-state index in [4.69, 9.17) is 5.26 Å². The molecule has 0 bridgehead atoms. The van der Waals surface area contributed by atoms with Crippen LogP contribution in [0.2, 0.25) is 0 Å². The van der Waals surface area contributed by atoms with Gasteiger partial charge in [-0.3, -0.25) is 9.89 Å². The zero-order valence-corrected chi connectivity index (χ0v) is 12.5. The van der Waals surface area contributed by atoms with E-state index in [1.54, 1.807) is 6.20 Å². The van der Waals surface area contributed by atoms with Crippen molar-refractivity contribution < 1.29 is 0 Å². The number of hydrogen-bond donors (Lipinski definition) is 3. The first-order valence-electron chi connectivity index (χ1n) is 7.37. The van der Waals surface area contributed by atoms with Gasteiger partial charge in [-0.1, -0.05) is 0 Å². The first-order valence-corrected chi connectivity index (χ1v) is 7.37. The highest BCUT2D eigenvalue weighted by Crippen LogP contribution is 2.29. The summed E-state index contributed by atoms with van der Waals surface area (Å²) >= 11 is 0. The van der Waals surface area contributed by atoms with Crippen LogP contribution in [-0.2, 0) is 0 Å². The summed E-state index contributed by atoms with van der Waals surface area (Å²) in [5, 5.41) is 21.5. The SMILES string of the molecule is Cc1[nH]nc2c(=O)c3cnc4[nH]ccc(c12)c43.N#CC1CNC1. The van der Waals surface area contributed by atoms with Crippen LogP contribution in [-0.4, -0.2) is 33.3 Å².